The van der Waals surface area contributed by atoms with Crippen LogP contribution in [0, 0.1) is 0 Å². The molecular weight excluding hydrogens is 202 g/mol. The van der Waals surface area contributed by atoms with Crippen molar-refractivity contribution >= 4 is 0 Å². The van der Waals surface area contributed by atoms with Gasteiger partial charge in [-0.2, -0.15) is 0 Å². The standard InChI is InChI=1S/C12H27N3O/c1-12(2)10-15(8-7-14(12)3)6-5-11(9-13)16-4/h11H,5-10,13H2,1-4H3. The van der Waals surface area contributed by atoms with Crippen LogP contribution in [0.1, 0.15) is 20.3 Å². The summed E-state index contributed by atoms with van der Waals surface area (Å²) in [6.45, 7) is 9.74. The van der Waals surface area contributed by atoms with Crippen LogP contribution in [0.4, 0.5) is 0 Å². The lowest BCUT2D eigenvalue weighted by Gasteiger charge is -2.45. The molecule has 1 unspecified atom stereocenters. The van der Waals surface area contributed by atoms with Crippen molar-refractivity contribution < 1.29 is 4.74 Å². The summed E-state index contributed by atoms with van der Waals surface area (Å²) in [6, 6.07) is 0. The molecule has 0 aromatic rings. The molecule has 2 N–H and O–H groups in total. The van der Waals surface area contributed by atoms with Crippen molar-refractivity contribution in [3.63, 3.8) is 0 Å². The number of likely N-dealkylation sites (N-methyl/N-ethyl adjacent to an activating group) is 1. The molecule has 0 amide bonds. The first-order valence-electron chi connectivity index (χ1n) is 6.16. The SMILES string of the molecule is COC(CN)CCN1CCN(C)C(C)(C)C1. The summed E-state index contributed by atoms with van der Waals surface area (Å²) in [7, 11) is 3.95. The number of hydrogen-bond donors (Lipinski definition) is 1. The van der Waals surface area contributed by atoms with Crippen LogP contribution in [-0.4, -0.2) is 68.3 Å². The van der Waals surface area contributed by atoms with Crippen LogP contribution in [-0.2, 0) is 4.74 Å². The van der Waals surface area contributed by atoms with Crippen molar-refractivity contribution in [1.29, 1.82) is 0 Å². The minimum absolute atomic E-state index is 0.211. The maximum atomic E-state index is 5.62. The van der Waals surface area contributed by atoms with E-state index in [-0.39, 0.29) is 11.6 Å². The minimum Gasteiger partial charge on any atom is -0.380 e. The zero-order valence-corrected chi connectivity index (χ0v) is 11.2. The highest BCUT2D eigenvalue weighted by atomic mass is 16.5. The zero-order valence-electron chi connectivity index (χ0n) is 11.2. The molecule has 1 aliphatic rings. The third-order valence-corrected chi connectivity index (χ3v) is 3.76. The van der Waals surface area contributed by atoms with E-state index in [0.29, 0.717) is 6.54 Å². The first-order valence-corrected chi connectivity index (χ1v) is 6.16. The van der Waals surface area contributed by atoms with Gasteiger partial charge in [0.05, 0.1) is 6.10 Å². The highest BCUT2D eigenvalue weighted by molar-refractivity contribution is 4.88. The smallest absolute Gasteiger partial charge is 0.0705 e. The Morgan fingerprint density at radius 2 is 2.06 bits per heavy atom. The van der Waals surface area contributed by atoms with Crippen LogP contribution >= 0.6 is 0 Å². The molecule has 1 saturated heterocycles. The lowest BCUT2D eigenvalue weighted by molar-refractivity contribution is 0.0265. The van der Waals surface area contributed by atoms with Gasteiger partial charge in [0.25, 0.3) is 0 Å². The Balaban J connectivity index is 2.34. The maximum absolute atomic E-state index is 5.62. The van der Waals surface area contributed by atoms with E-state index in [1.54, 1.807) is 7.11 Å². The number of piperazine rings is 1. The van der Waals surface area contributed by atoms with Gasteiger partial charge in [-0.15, -0.1) is 0 Å². The summed E-state index contributed by atoms with van der Waals surface area (Å²) in [5.41, 5.74) is 5.90. The summed E-state index contributed by atoms with van der Waals surface area (Å²) < 4.78 is 5.30. The Kier molecular flexibility index (Phi) is 5.18. The predicted octanol–water partition coefficient (Wildman–Crippen LogP) is 0.376. The molecule has 1 rings (SSSR count). The Bertz CT molecular complexity index is 204. The molecule has 4 heteroatoms. The third-order valence-electron chi connectivity index (χ3n) is 3.76. The van der Waals surface area contributed by atoms with E-state index in [1.165, 1.54) is 0 Å². The zero-order chi connectivity index (χ0) is 12.2. The largest absolute Gasteiger partial charge is 0.380 e. The van der Waals surface area contributed by atoms with E-state index in [2.05, 4.69) is 30.7 Å². The van der Waals surface area contributed by atoms with Crippen LogP contribution in [0.2, 0.25) is 0 Å². The molecule has 0 radical (unpaired) electrons. The Labute approximate surface area is 99.7 Å². The fraction of sp³-hybridized carbons (Fsp3) is 1.00. The molecule has 0 aromatic heterocycles. The second-order valence-electron chi connectivity index (χ2n) is 5.39. The van der Waals surface area contributed by atoms with Gasteiger partial charge in [-0.1, -0.05) is 0 Å². The van der Waals surface area contributed by atoms with Gasteiger partial charge in [-0.3, -0.25) is 4.90 Å². The molecule has 1 fully saturated rings. The quantitative estimate of drug-likeness (QED) is 0.740. The fourth-order valence-corrected chi connectivity index (χ4v) is 2.19. The molecular formula is C12H27N3O. The second kappa shape index (κ2) is 5.96. The summed E-state index contributed by atoms with van der Waals surface area (Å²) in [5.74, 6) is 0. The number of nitrogens with two attached hydrogens (primary N) is 1. The van der Waals surface area contributed by atoms with Gasteiger partial charge in [0.2, 0.25) is 0 Å². The molecule has 0 aliphatic carbocycles. The minimum atomic E-state index is 0.211. The fourth-order valence-electron chi connectivity index (χ4n) is 2.19. The molecule has 0 bridgehead atoms. The first-order chi connectivity index (χ1) is 7.49. The summed E-state index contributed by atoms with van der Waals surface area (Å²) in [4.78, 5) is 4.95. The van der Waals surface area contributed by atoms with E-state index in [0.717, 1.165) is 32.6 Å². The van der Waals surface area contributed by atoms with Crippen LogP contribution < -0.4 is 5.73 Å². The van der Waals surface area contributed by atoms with E-state index in [4.69, 9.17) is 10.5 Å². The van der Waals surface area contributed by atoms with Gasteiger partial charge in [-0.25, -0.2) is 0 Å². The average Bonchev–Trinajstić information content (AvgIpc) is 2.24. The van der Waals surface area contributed by atoms with Crippen molar-refractivity contribution in [2.24, 2.45) is 5.73 Å². The highest BCUT2D eigenvalue weighted by Gasteiger charge is 2.30. The van der Waals surface area contributed by atoms with Crippen LogP contribution in [0.5, 0.6) is 0 Å². The number of hydrogen-bond acceptors (Lipinski definition) is 4. The van der Waals surface area contributed by atoms with Crippen molar-refractivity contribution in [2.45, 2.75) is 31.9 Å². The summed E-state index contributed by atoms with van der Waals surface area (Å²) >= 11 is 0. The summed E-state index contributed by atoms with van der Waals surface area (Å²) in [5, 5.41) is 0. The van der Waals surface area contributed by atoms with Crippen molar-refractivity contribution in [2.75, 3.05) is 46.9 Å². The van der Waals surface area contributed by atoms with Gasteiger partial charge in [0.1, 0.15) is 0 Å². The normalized spacial score (nSPS) is 24.6. The number of ether oxygens (including phenoxy) is 1. The van der Waals surface area contributed by atoms with Gasteiger partial charge in [0.15, 0.2) is 0 Å². The molecule has 1 atom stereocenters. The monoisotopic (exact) mass is 229 g/mol. The van der Waals surface area contributed by atoms with Crippen LogP contribution in [0.3, 0.4) is 0 Å². The van der Waals surface area contributed by atoms with Gasteiger partial charge in [0, 0.05) is 45.4 Å². The van der Waals surface area contributed by atoms with Crippen molar-refractivity contribution in [3.05, 3.63) is 0 Å². The predicted molar refractivity (Wildman–Crippen MR) is 67.6 cm³/mol. The molecule has 96 valence electrons. The Morgan fingerprint density at radius 1 is 1.38 bits per heavy atom. The molecule has 1 heterocycles. The van der Waals surface area contributed by atoms with Crippen LogP contribution in [0.15, 0.2) is 0 Å². The maximum Gasteiger partial charge on any atom is 0.0705 e. The van der Waals surface area contributed by atoms with Gasteiger partial charge < -0.3 is 15.4 Å². The number of nitrogens with zero attached hydrogens (tertiary/aromatic N) is 2. The van der Waals surface area contributed by atoms with E-state index in [1.807, 2.05) is 0 Å². The van der Waals surface area contributed by atoms with Crippen molar-refractivity contribution in [1.82, 2.24) is 9.80 Å². The lowest BCUT2D eigenvalue weighted by atomic mass is 9.99. The Hall–Kier alpha value is -0.160. The molecule has 1 aliphatic heterocycles. The number of rotatable bonds is 5. The molecule has 16 heavy (non-hydrogen) atoms. The van der Waals surface area contributed by atoms with Crippen molar-refractivity contribution in [3.8, 4) is 0 Å². The van der Waals surface area contributed by atoms with Gasteiger partial charge >= 0.3 is 0 Å². The van der Waals surface area contributed by atoms with Gasteiger partial charge in [-0.05, 0) is 27.3 Å². The average molecular weight is 229 g/mol. The first kappa shape index (κ1) is 13.9. The van der Waals surface area contributed by atoms with E-state index < -0.39 is 0 Å². The van der Waals surface area contributed by atoms with Crippen LogP contribution in [0.25, 0.3) is 0 Å². The lowest BCUT2D eigenvalue weighted by Crippen LogP contribution is -2.57. The molecule has 0 aromatic carbocycles. The topological polar surface area (TPSA) is 41.7 Å². The van der Waals surface area contributed by atoms with E-state index in [9.17, 15) is 0 Å². The molecule has 0 spiro atoms. The number of methoxy groups -OCH3 is 1. The second-order valence-corrected chi connectivity index (χ2v) is 5.39. The van der Waals surface area contributed by atoms with E-state index >= 15 is 0 Å². The molecule has 4 nitrogen and oxygen atoms in total. The highest BCUT2D eigenvalue weighted by Crippen LogP contribution is 2.19. The Morgan fingerprint density at radius 3 is 2.56 bits per heavy atom. The molecule has 0 saturated carbocycles. The third kappa shape index (κ3) is 3.70. The summed E-state index contributed by atoms with van der Waals surface area (Å²) in [6.07, 6.45) is 1.25.